The second kappa shape index (κ2) is 8.67. The maximum atomic E-state index is 13.4. The third-order valence-electron chi connectivity index (χ3n) is 6.91. The van der Waals surface area contributed by atoms with Crippen molar-refractivity contribution >= 4 is 34.3 Å². The molecule has 6 nitrogen and oxygen atoms in total. The lowest BCUT2D eigenvalue weighted by atomic mass is 9.89. The molecule has 0 radical (unpaired) electrons. The summed E-state index contributed by atoms with van der Waals surface area (Å²) in [6.45, 7) is 5.77. The number of Topliss-reactive ketones (excluding diaryl/α,β-unsaturated/α-hetero) is 1. The van der Waals surface area contributed by atoms with Crippen LogP contribution in [-0.4, -0.2) is 35.3 Å². The second-order valence-corrected chi connectivity index (χ2v) is 9.32. The fourth-order valence-electron chi connectivity index (χ4n) is 5.16. The Morgan fingerprint density at radius 1 is 1.03 bits per heavy atom. The molecule has 3 aromatic rings. The number of hydrogen-bond acceptors (Lipinski definition) is 5. The van der Waals surface area contributed by atoms with E-state index in [-0.39, 0.29) is 11.7 Å². The first-order chi connectivity index (χ1) is 16.3. The average Bonchev–Trinajstić information content (AvgIpc) is 3.25. The summed E-state index contributed by atoms with van der Waals surface area (Å²) < 4.78 is 5.76. The van der Waals surface area contributed by atoms with E-state index in [2.05, 4.69) is 0 Å². The lowest BCUT2D eigenvalue weighted by Crippen LogP contribution is -2.26. The first-order valence-corrected chi connectivity index (χ1v) is 11.9. The van der Waals surface area contributed by atoms with Gasteiger partial charge in [-0.25, -0.2) is 4.79 Å². The number of ketones is 1. The van der Waals surface area contributed by atoms with Gasteiger partial charge in [0.05, 0.1) is 11.1 Å². The maximum Gasteiger partial charge on any atom is 0.339 e. The highest BCUT2D eigenvalue weighted by Gasteiger charge is 2.28. The highest BCUT2D eigenvalue weighted by atomic mass is 16.5. The fourth-order valence-corrected chi connectivity index (χ4v) is 5.16. The van der Waals surface area contributed by atoms with Crippen LogP contribution in [0.1, 0.15) is 69.8 Å². The Bertz CT molecular complexity index is 1340. The number of rotatable bonds is 4. The first kappa shape index (κ1) is 22.3. The van der Waals surface area contributed by atoms with Gasteiger partial charge < -0.3 is 9.64 Å². The molecule has 1 aromatic heterocycles. The molecule has 2 aromatic carbocycles. The summed E-state index contributed by atoms with van der Waals surface area (Å²) in [4.78, 5) is 44.9. The minimum Gasteiger partial charge on any atom is -0.451 e. The van der Waals surface area contributed by atoms with E-state index in [1.807, 2.05) is 31.2 Å². The van der Waals surface area contributed by atoms with Crippen molar-refractivity contribution in [3.05, 3.63) is 69.9 Å². The summed E-state index contributed by atoms with van der Waals surface area (Å²) >= 11 is 0. The van der Waals surface area contributed by atoms with Crippen molar-refractivity contribution in [1.29, 1.82) is 0 Å². The predicted octanol–water partition coefficient (Wildman–Crippen LogP) is 4.76. The Balaban J connectivity index is 1.43. The minimum atomic E-state index is -0.928. The minimum absolute atomic E-state index is 0.0109. The molecule has 0 bridgehead atoms. The number of anilines is 1. The molecular weight excluding hydrogens is 428 g/mol. The summed E-state index contributed by atoms with van der Waals surface area (Å²) in [7, 11) is 0. The first-order valence-electron chi connectivity index (χ1n) is 11.9. The number of amides is 1. The highest BCUT2D eigenvalue weighted by Crippen LogP contribution is 2.32. The van der Waals surface area contributed by atoms with Crippen LogP contribution in [0, 0.1) is 6.92 Å². The Hall–Kier alpha value is -3.54. The molecule has 0 saturated heterocycles. The zero-order chi connectivity index (χ0) is 24.0. The number of pyridine rings is 1. The monoisotopic (exact) mass is 456 g/mol. The molecule has 2 aliphatic rings. The summed E-state index contributed by atoms with van der Waals surface area (Å²) in [5, 5.41) is 0.784. The van der Waals surface area contributed by atoms with E-state index in [0.29, 0.717) is 24.1 Å². The average molecular weight is 457 g/mol. The van der Waals surface area contributed by atoms with Crippen molar-refractivity contribution in [2.45, 2.75) is 59.0 Å². The number of carbonyl (C=O) groups is 3. The van der Waals surface area contributed by atoms with Gasteiger partial charge in [-0.15, -0.1) is 0 Å². The molecule has 1 amide bonds. The molecule has 0 spiro atoms. The van der Waals surface area contributed by atoms with Gasteiger partial charge in [0, 0.05) is 35.8 Å². The van der Waals surface area contributed by atoms with E-state index in [1.54, 1.807) is 30.9 Å². The van der Waals surface area contributed by atoms with Crippen molar-refractivity contribution < 1.29 is 19.1 Å². The van der Waals surface area contributed by atoms with Crippen molar-refractivity contribution in [3.8, 4) is 0 Å². The van der Waals surface area contributed by atoms with E-state index < -0.39 is 12.1 Å². The van der Waals surface area contributed by atoms with Gasteiger partial charge in [0.15, 0.2) is 6.10 Å². The topological polar surface area (TPSA) is 76.6 Å². The van der Waals surface area contributed by atoms with E-state index in [4.69, 9.17) is 9.72 Å². The molecule has 174 valence electrons. The number of ether oxygens (including phenoxy) is 1. The smallest absolute Gasteiger partial charge is 0.339 e. The zero-order valence-electron chi connectivity index (χ0n) is 19.8. The van der Waals surface area contributed by atoms with Gasteiger partial charge in [-0.05, 0) is 87.4 Å². The van der Waals surface area contributed by atoms with E-state index in [0.717, 1.165) is 64.7 Å². The number of nitrogens with zero attached hydrogens (tertiary/aromatic N) is 2. The third-order valence-corrected chi connectivity index (χ3v) is 6.91. The fraction of sp³-hybridized carbons (Fsp3) is 0.357. The number of aromatic nitrogens is 1. The molecule has 5 rings (SSSR count). The van der Waals surface area contributed by atoms with Crippen LogP contribution in [0.15, 0.2) is 36.4 Å². The third kappa shape index (κ3) is 3.87. The second-order valence-electron chi connectivity index (χ2n) is 9.32. The van der Waals surface area contributed by atoms with Gasteiger partial charge in [-0.2, -0.15) is 0 Å². The summed E-state index contributed by atoms with van der Waals surface area (Å²) in [5.41, 5.74) is 6.59. The number of hydrogen-bond donors (Lipinski definition) is 0. The van der Waals surface area contributed by atoms with Crippen LogP contribution in [0.4, 0.5) is 5.69 Å². The lowest BCUT2D eigenvalue weighted by molar-refractivity contribution is -0.116. The molecule has 0 saturated carbocycles. The van der Waals surface area contributed by atoms with Gasteiger partial charge in [0.1, 0.15) is 0 Å². The SMILES string of the molecule is CC(=O)N1CCc2cc(C(=O)C(C)OC(=O)c3c4c(nc5ccc(C)cc35)CCCC4)ccc21. The Morgan fingerprint density at radius 3 is 2.62 bits per heavy atom. The molecule has 1 atom stereocenters. The molecule has 34 heavy (non-hydrogen) atoms. The molecule has 0 fully saturated rings. The molecule has 2 heterocycles. The molecule has 6 heteroatoms. The van der Waals surface area contributed by atoms with E-state index >= 15 is 0 Å². The van der Waals surface area contributed by atoms with Crippen molar-refractivity contribution in [1.82, 2.24) is 4.98 Å². The largest absolute Gasteiger partial charge is 0.451 e. The Morgan fingerprint density at radius 2 is 1.82 bits per heavy atom. The van der Waals surface area contributed by atoms with E-state index in [9.17, 15) is 14.4 Å². The van der Waals surface area contributed by atoms with Crippen LogP contribution in [0.5, 0.6) is 0 Å². The molecule has 1 unspecified atom stereocenters. The molecule has 1 aliphatic carbocycles. The lowest BCUT2D eigenvalue weighted by Gasteiger charge is -2.21. The standard InChI is InChI=1S/C28H28N2O4/c1-16-8-10-24-22(14-16)26(21-6-4-5-7-23(21)29-24)28(33)34-17(2)27(32)20-9-11-25-19(15-20)12-13-30(25)18(3)31/h8-11,14-15,17H,4-7,12-13H2,1-3H3. The highest BCUT2D eigenvalue weighted by molar-refractivity contribution is 6.07. The normalized spacial score (nSPS) is 15.6. The van der Waals surface area contributed by atoms with Crippen molar-refractivity contribution in [2.24, 2.45) is 0 Å². The van der Waals surface area contributed by atoms with Gasteiger partial charge in [0.2, 0.25) is 11.7 Å². The number of aryl methyl sites for hydroxylation is 2. The van der Waals surface area contributed by atoms with Crippen molar-refractivity contribution in [3.63, 3.8) is 0 Å². The van der Waals surface area contributed by atoms with Crippen LogP contribution < -0.4 is 4.90 Å². The Labute approximate surface area is 198 Å². The van der Waals surface area contributed by atoms with E-state index in [1.165, 1.54) is 0 Å². The van der Waals surface area contributed by atoms with Gasteiger partial charge in [0.25, 0.3) is 0 Å². The quantitative estimate of drug-likeness (QED) is 0.418. The van der Waals surface area contributed by atoms with Crippen LogP contribution in [0.2, 0.25) is 0 Å². The van der Waals surface area contributed by atoms with Gasteiger partial charge >= 0.3 is 5.97 Å². The van der Waals surface area contributed by atoms with Crippen LogP contribution in [-0.2, 0) is 28.8 Å². The van der Waals surface area contributed by atoms with Crippen LogP contribution in [0.3, 0.4) is 0 Å². The molecule has 1 aliphatic heterocycles. The molecular formula is C28H28N2O4. The van der Waals surface area contributed by atoms with Crippen LogP contribution >= 0.6 is 0 Å². The Kier molecular flexibility index (Phi) is 5.68. The number of esters is 1. The summed E-state index contributed by atoms with van der Waals surface area (Å²) in [5.74, 6) is -0.731. The number of carbonyl (C=O) groups excluding carboxylic acids is 3. The maximum absolute atomic E-state index is 13.4. The van der Waals surface area contributed by atoms with Gasteiger partial charge in [-0.1, -0.05) is 11.6 Å². The predicted molar refractivity (Wildman–Crippen MR) is 131 cm³/mol. The number of fused-ring (bicyclic) bond motifs is 3. The summed E-state index contributed by atoms with van der Waals surface area (Å²) in [6.07, 6.45) is 3.48. The van der Waals surface area contributed by atoms with Crippen molar-refractivity contribution in [2.75, 3.05) is 11.4 Å². The molecule has 0 N–H and O–H groups in total. The number of benzene rings is 2. The van der Waals surface area contributed by atoms with Crippen LogP contribution in [0.25, 0.3) is 10.9 Å². The summed E-state index contributed by atoms with van der Waals surface area (Å²) in [6, 6.07) is 11.2. The van der Waals surface area contributed by atoms with Gasteiger partial charge in [-0.3, -0.25) is 14.6 Å². The zero-order valence-corrected chi connectivity index (χ0v) is 19.8.